The lowest BCUT2D eigenvalue weighted by Crippen LogP contribution is -2.29. The Morgan fingerprint density at radius 2 is 1.65 bits per heavy atom. The van der Waals surface area contributed by atoms with Crippen molar-refractivity contribution in [2.24, 2.45) is 0 Å². The Labute approximate surface area is 121 Å². The van der Waals surface area contributed by atoms with Crippen molar-refractivity contribution in [3.05, 3.63) is 59.1 Å². The van der Waals surface area contributed by atoms with E-state index in [1.807, 2.05) is 13.0 Å². The quantitative estimate of drug-likeness (QED) is 0.834. The van der Waals surface area contributed by atoms with Gasteiger partial charge in [0.05, 0.1) is 10.7 Å². The molecule has 4 nitrogen and oxygen atoms in total. The number of rotatable bonds is 2. The number of para-hydroxylation sites is 1. The molecule has 0 heterocycles. The van der Waals surface area contributed by atoms with Gasteiger partial charge in [0.1, 0.15) is 0 Å². The Morgan fingerprint density at radius 1 is 0.950 bits per heavy atom. The molecule has 0 fully saturated rings. The van der Waals surface area contributed by atoms with E-state index in [1.165, 1.54) is 0 Å². The predicted octanol–water partition coefficient (Wildman–Crippen LogP) is 3.23. The Bertz CT molecular complexity index is 656. The summed E-state index contributed by atoms with van der Waals surface area (Å²) in [6.45, 7) is 1.90. The predicted molar refractivity (Wildman–Crippen MR) is 79.9 cm³/mol. The summed E-state index contributed by atoms with van der Waals surface area (Å²) >= 11 is 5.91. The van der Waals surface area contributed by atoms with Gasteiger partial charge in [-0.05, 0) is 36.8 Å². The maximum Gasteiger partial charge on any atom is 0.314 e. The molecule has 102 valence electrons. The first-order valence-electron chi connectivity index (χ1n) is 6.00. The van der Waals surface area contributed by atoms with Crippen molar-refractivity contribution in [2.75, 3.05) is 10.6 Å². The number of nitrogens with one attached hydrogen (secondary N) is 2. The lowest BCUT2D eigenvalue weighted by Gasteiger charge is -2.08. The molecule has 2 aromatic carbocycles. The van der Waals surface area contributed by atoms with Crippen molar-refractivity contribution in [3.63, 3.8) is 0 Å². The summed E-state index contributed by atoms with van der Waals surface area (Å²) in [6, 6.07) is 13.9. The summed E-state index contributed by atoms with van der Waals surface area (Å²) in [6.07, 6.45) is 0. The number of carbonyl (C=O) groups is 2. The highest BCUT2D eigenvalue weighted by Crippen LogP contribution is 2.20. The van der Waals surface area contributed by atoms with Crippen LogP contribution in [0.5, 0.6) is 0 Å². The van der Waals surface area contributed by atoms with Gasteiger partial charge in [0, 0.05) is 5.69 Å². The highest BCUT2D eigenvalue weighted by molar-refractivity contribution is 6.44. The van der Waals surface area contributed by atoms with Crippen LogP contribution in [0.3, 0.4) is 0 Å². The number of amides is 2. The Morgan fingerprint density at radius 3 is 2.35 bits per heavy atom. The van der Waals surface area contributed by atoms with Gasteiger partial charge in [0.15, 0.2) is 0 Å². The molecule has 5 heteroatoms. The normalized spacial score (nSPS) is 9.90. The molecule has 0 unspecified atom stereocenters. The first-order valence-corrected chi connectivity index (χ1v) is 6.37. The van der Waals surface area contributed by atoms with Crippen LogP contribution in [0.15, 0.2) is 48.5 Å². The molecule has 2 amide bonds. The van der Waals surface area contributed by atoms with Crippen molar-refractivity contribution >= 4 is 34.8 Å². The zero-order chi connectivity index (χ0) is 14.5. The zero-order valence-electron chi connectivity index (χ0n) is 10.8. The standard InChI is InChI=1S/C15H13ClN2O2/c1-10-5-4-6-11(9-10)17-14(19)15(20)18-13-8-3-2-7-12(13)16/h2-9H,1H3,(H,17,19)(H,18,20). The number of hydrogen-bond donors (Lipinski definition) is 2. The Hall–Kier alpha value is -2.33. The van der Waals surface area contributed by atoms with Gasteiger partial charge < -0.3 is 10.6 Å². The molecule has 2 aromatic rings. The largest absolute Gasteiger partial charge is 0.318 e. The minimum absolute atomic E-state index is 0.379. The number of anilines is 2. The van der Waals surface area contributed by atoms with E-state index in [1.54, 1.807) is 42.5 Å². The van der Waals surface area contributed by atoms with Crippen LogP contribution < -0.4 is 10.6 Å². The maximum atomic E-state index is 11.8. The molecule has 0 spiro atoms. The molecule has 0 saturated heterocycles. The second kappa shape index (κ2) is 6.21. The van der Waals surface area contributed by atoms with E-state index in [0.717, 1.165) is 5.56 Å². The molecule has 0 aliphatic rings. The SMILES string of the molecule is Cc1cccc(NC(=O)C(=O)Nc2ccccc2Cl)c1. The van der Waals surface area contributed by atoms with Gasteiger partial charge in [0.25, 0.3) is 0 Å². The van der Waals surface area contributed by atoms with E-state index >= 15 is 0 Å². The Balaban J connectivity index is 2.03. The lowest BCUT2D eigenvalue weighted by molar-refractivity contribution is -0.132. The molecule has 2 N–H and O–H groups in total. The van der Waals surface area contributed by atoms with Gasteiger partial charge in [-0.1, -0.05) is 35.9 Å². The van der Waals surface area contributed by atoms with Crippen molar-refractivity contribution in [3.8, 4) is 0 Å². The molecule has 0 bridgehead atoms. The molecule has 0 atom stereocenters. The third-order valence-electron chi connectivity index (χ3n) is 2.60. The second-order valence-corrected chi connectivity index (χ2v) is 4.66. The van der Waals surface area contributed by atoms with Crippen molar-refractivity contribution in [1.29, 1.82) is 0 Å². The fourth-order valence-electron chi connectivity index (χ4n) is 1.65. The van der Waals surface area contributed by atoms with E-state index in [0.29, 0.717) is 16.4 Å². The minimum Gasteiger partial charge on any atom is -0.318 e. The third kappa shape index (κ3) is 3.59. The average Bonchev–Trinajstić information content (AvgIpc) is 2.41. The van der Waals surface area contributed by atoms with Crippen LogP contribution in [0.25, 0.3) is 0 Å². The first-order chi connectivity index (χ1) is 9.56. The molecule has 0 aliphatic heterocycles. The fraction of sp³-hybridized carbons (Fsp3) is 0.0667. The van der Waals surface area contributed by atoms with Crippen LogP contribution in [0.2, 0.25) is 5.02 Å². The first kappa shape index (κ1) is 14.1. The number of aryl methyl sites for hydroxylation is 1. The minimum atomic E-state index is -0.764. The Kier molecular flexibility index (Phi) is 4.38. The van der Waals surface area contributed by atoms with Crippen LogP contribution in [-0.4, -0.2) is 11.8 Å². The maximum absolute atomic E-state index is 11.8. The van der Waals surface area contributed by atoms with Crippen LogP contribution in [0, 0.1) is 6.92 Å². The number of halogens is 1. The van der Waals surface area contributed by atoms with E-state index in [4.69, 9.17) is 11.6 Å². The highest BCUT2D eigenvalue weighted by atomic mass is 35.5. The summed E-state index contributed by atoms with van der Waals surface area (Å²) in [5.74, 6) is -1.50. The third-order valence-corrected chi connectivity index (χ3v) is 2.93. The van der Waals surface area contributed by atoms with Crippen LogP contribution in [0.4, 0.5) is 11.4 Å². The van der Waals surface area contributed by atoms with Crippen LogP contribution >= 0.6 is 11.6 Å². The summed E-state index contributed by atoms with van der Waals surface area (Å²) < 4.78 is 0. The van der Waals surface area contributed by atoms with Gasteiger partial charge >= 0.3 is 11.8 Å². The molecule has 2 rings (SSSR count). The van der Waals surface area contributed by atoms with Crippen molar-refractivity contribution in [2.45, 2.75) is 6.92 Å². The molecule has 0 aliphatic carbocycles. The molecular weight excluding hydrogens is 276 g/mol. The van der Waals surface area contributed by atoms with Crippen LogP contribution in [0.1, 0.15) is 5.56 Å². The number of benzene rings is 2. The molecule has 0 saturated carbocycles. The van der Waals surface area contributed by atoms with E-state index in [2.05, 4.69) is 10.6 Å². The van der Waals surface area contributed by atoms with E-state index in [-0.39, 0.29) is 0 Å². The summed E-state index contributed by atoms with van der Waals surface area (Å²) in [5.41, 5.74) is 1.97. The van der Waals surface area contributed by atoms with Gasteiger partial charge in [-0.2, -0.15) is 0 Å². The molecule has 20 heavy (non-hydrogen) atoms. The van der Waals surface area contributed by atoms with E-state index < -0.39 is 11.8 Å². The second-order valence-electron chi connectivity index (χ2n) is 4.26. The summed E-state index contributed by atoms with van der Waals surface area (Å²) in [7, 11) is 0. The van der Waals surface area contributed by atoms with Gasteiger partial charge in [-0.15, -0.1) is 0 Å². The number of hydrogen-bond acceptors (Lipinski definition) is 2. The smallest absolute Gasteiger partial charge is 0.314 e. The topological polar surface area (TPSA) is 58.2 Å². The van der Waals surface area contributed by atoms with Gasteiger partial charge in [0.2, 0.25) is 0 Å². The number of carbonyl (C=O) groups excluding carboxylic acids is 2. The van der Waals surface area contributed by atoms with Crippen molar-refractivity contribution in [1.82, 2.24) is 0 Å². The lowest BCUT2D eigenvalue weighted by atomic mass is 10.2. The highest BCUT2D eigenvalue weighted by Gasteiger charge is 2.15. The van der Waals surface area contributed by atoms with Gasteiger partial charge in [-0.3, -0.25) is 9.59 Å². The molecule has 0 aromatic heterocycles. The monoisotopic (exact) mass is 288 g/mol. The van der Waals surface area contributed by atoms with Gasteiger partial charge in [-0.25, -0.2) is 0 Å². The average molecular weight is 289 g/mol. The van der Waals surface area contributed by atoms with Crippen molar-refractivity contribution < 1.29 is 9.59 Å². The van der Waals surface area contributed by atoms with Crippen LogP contribution in [-0.2, 0) is 9.59 Å². The summed E-state index contributed by atoms with van der Waals surface area (Å²) in [5, 5.41) is 5.37. The molecular formula is C15H13ClN2O2. The fourth-order valence-corrected chi connectivity index (χ4v) is 1.84. The molecule has 0 radical (unpaired) electrons. The summed E-state index contributed by atoms with van der Waals surface area (Å²) in [4.78, 5) is 23.5. The zero-order valence-corrected chi connectivity index (χ0v) is 11.6. The van der Waals surface area contributed by atoms with E-state index in [9.17, 15) is 9.59 Å².